The molecule has 166 valence electrons. The van der Waals surface area contributed by atoms with Crippen LogP contribution < -0.4 is 4.90 Å². The van der Waals surface area contributed by atoms with Crippen LogP contribution in [0.4, 0.5) is 28.9 Å². The third-order valence-electron chi connectivity index (χ3n) is 5.37. The minimum atomic E-state index is -4.67. The van der Waals surface area contributed by atoms with Gasteiger partial charge in [-0.3, -0.25) is 14.9 Å². The maximum Gasteiger partial charge on any atom is 0.416 e. The van der Waals surface area contributed by atoms with Gasteiger partial charge in [0.15, 0.2) is 0 Å². The average Bonchev–Trinajstić information content (AvgIpc) is 2.72. The van der Waals surface area contributed by atoms with Crippen LogP contribution in [0.3, 0.4) is 0 Å². The number of hydrogen-bond donors (Lipinski definition) is 0. The first-order valence-electron chi connectivity index (χ1n) is 9.66. The van der Waals surface area contributed by atoms with Crippen LogP contribution in [0.5, 0.6) is 0 Å². The summed E-state index contributed by atoms with van der Waals surface area (Å²) in [5, 5.41) is 11.3. The Morgan fingerprint density at radius 3 is 2.45 bits per heavy atom. The standard InChI is InChI=1S/C21H21F4N3O3/c1-26(13-14-3-2-4-17(22)11-14)20(29)15-7-9-27(10-8-15)18-6-5-16(21(23,24)25)12-19(18)28(30)31/h2-6,11-12,15H,7-10,13H2,1H3. The third-order valence-corrected chi connectivity index (χ3v) is 5.37. The lowest BCUT2D eigenvalue weighted by Crippen LogP contribution is -2.41. The van der Waals surface area contributed by atoms with Crippen molar-refractivity contribution in [2.45, 2.75) is 25.6 Å². The Morgan fingerprint density at radius 2 is 1.87 bits per heavy atom. The van der Waals surface area contributed by atoms with Crippen molar-refractivity contribution in [1.29, 1.82) is 0 Å². The normalized spacial score (nSPS) is 15.1. The van der Waals surface area contributed by atoms with Crippen molar-refractivity contribution in [3.63, 3.8) is 0 Å². The first kappa shape index (κ1) is 22.5. The number of halogens is 4. The Morgan fingerprint density at radius 1 is 1.19 bits per heavy atom. The highest BCUT2D eigenvalue weighted by Gasteiger charge is 2.35. The first-order chi connectivity index (χ1) is 14.6. The highest BCUT2D eigenvalue weighted by atomic mass is 19.4. The molecular weight excluding hydrogens is 418 g/mol. The van der Waals surface area contributed by atoms with E-state index in [0.717, 1.165) is 12.1 Å². The second kappa shape index (κ2) is 8.91. The summed E-state index contributed by atoms with van der Waals surface area (Å²) >= 11 is 0. The Bertz CT molecular complexity index is 973. The molecule has 1 aliphatic rings. The van der Waals surface area contributed by atoms with Gasteiger partial charge in [-0.15, -0.1) is 0 Å². The Hall–Kier alpha value is -3.17. The van der Waals surface area contributed by atoms with E-state index in [1.54, 1.807) is 24.1 Å². The summed E-state index contributed by atoms with van der Waals surface area (Å²) in [6, 6.07) is 8.44. The van der Waals surface area contributed by atoms with Crippen LogP contribution in [0.2, 0.25) is 0 Å². The van der Waals surface area contributed by atoms with Crippen molar-refractivity contribution < 1.29 is 27.3 Å². The number of carbonyl (C=O) groups is 1. The smallest absolute Gasteiger partial charge is 0.366 e. The Balaban J connectivity index is 1.66. The lowest BCUT2D eigenvalue weighted by Gasteiger charge is -2.34. The van der Waals surface area contributed by atoms with Gasteiger partial charge in [0.25, 0.3) is 5.69 Å². The summed E-state index contributed by atoms with van der Waals surface area (Å²) in [7, 11) is 1.63. The molecule has 1 amide bonds. The van der Waals surface area contributed by atoms with Crippen LogP contribution in [-0.4, -0.2) is 35.9 Å². The number of piperidine rings is 1. The van der Waals surface area contributed by atoms with Gasteiger partial charge < -0.3 is 9.80 Å². The highest BCUT2D eigenvalue weighted by Crippen LogP contribution is 2.37. The van der Waals surface area contributed by atoms with Crippen molar-refractivity contribution in [1.82, 2.24) is 4.90 Å². The molecular formula is C21H21F4N3O3. The van der Waals surface area contributed by atoms with Crippen molar-refractivity contribution in [2.24, 2.45) is 5.92 Å². The van der Waals surface area contributed by atoms with E-state index in [-0.39, 0.29) is 29.9 Å². The molecule has 0 unspecified atom stereocenters. The Labute approximate surface area is 176 Å². The number of alkyl halides is 3. The molecule has 1 fully saturated rings. The van der Waals surface area contributed by atoms with E-state index < -0.39 is 22.4 Å². The summed E-state index contributed by atoms with van der Waals surface area (Å²) in [6.07, 6.45) is -3.86. The van der Waals surface area contributed by atoms with E-state index in [9.17, 15) is 32.5 Å². The van der Waals surface area contributed by atoms with Crippen LogP contribution in [-0.2, 0) is 17.5 Å². The average molecular weight is 439 g/mol. The van der Waals surface area contributed by atoms with Crippen LogP contribution in [0.25, 0.3) is 0 Å². The molecule has 6 nitrogen and oxygen atoms in total. The zero-order chi connectivity index (χ0) is 22.8. The number of amides is 1. The van der Waals surface area contributed by atoms with E-state index in [2.05, 4.69) is 0 Å². The minimum absolute atomic E-state index is 0.108. The van der Waals surface area contributed by atoms with Gasteiger partial charge in [0, 0.05) is 38.7 Å². The molecule has 0 saturated carbocycles. The van der Waals surface area contributed by atoms with Gasteiger partial charge in [-0.2, -0.15) is 13.2 Å². The molecule has 1 heterocycles. The fourth-order valence-corrected chi connectivity index (χ4v) is 3.78. The lowest BCUT2D eigenvalue weighted by atomic mass is 9.94. The largest absolute Gasteiger partial charge is 0.416 e. The third kappa shape index (κ3) is 5.31. The maximum absolute atomic E-state index is 13.3. The van der Waals surface area contributed by atoms with Crippen molar-refractivity contribution >= 4 is 17.3 Å². The number of nitro groups is 1. The molecule has 3 rings (SSSR count). The number of nitro benzene ring substituents is 1. The number of rotatable bonds is 5. The fraction of sp³-hybridized carbons (Fsp3) is 0.381. The predicted molar refractivity (Wildman–Crippen MR) is 106 cm³/mol. The molecule has 2 aromatic carbocycles. The maximum atomic E-state index is 13.3. The summed E-state index contributed by atoms with van der Waals surface area (Å²) < 4.78 is 52.0. The summed E-state index contributed by atoms with van der Waals surface area (Å²) in [5.41, 5.74) is -0.916. The number of nitrogens with zero attached hydrogens (tertiary/aromatic N) is 3. The molecule has 0 spiro atoms. The lowest BCUT2D eigenvalue weighted by molar-refractivity contribution is -0.384. The van der Waals surface area contributed by atoms with Crippen LogP contribution in [0, 0.1) is 21.8 Å². The molecule has 0 aliphatic carbocycles. The number of carbonyl (C=O) groups excluding carboxylic acids is 1. The quantitative estimate of drug-likeness (QED) is 0.387. The monoisotopic (exact) mass is 439 g/mol. The first-order valence-corrected chi connectivity index (χ1v) is 9.66. The number of anilines is 1. The molecule has 0 radical (unpaired) electrons. The second-order valence-electron chi connectivity index (χ2n) is 7.54. The van der Waals surface area contributed by atoms with E-state index in [0.29, 0.717) is 37.6 Å². The molecule has 1 aliphatic heterocycles. The minimum Gasteiger partial charge on any atom is -0.366 e. The molecule has 1 saturated heterocycles. The van der Waals surface area contributed by atoms with E-state index in [1.807, 2.05) is 0 Å². The van der Waals surface area contributed by atoms with Crippen molar-refractivity contribution in [2.75, 3.05) is 25.0 Å². The van der Waals surface area contributed by atoms with Gasteiger partial charge in [-0.05, 0) is 42.7 Å². The second-order valence-corrected chi connectivity index (χ2v) is 7.54. The zero-order valence-electron chi connectivity index (χ0n) is 16.7. The van der Waals surface area contributed by atoms with Gasteiger partial charge in [-0.1, -0.05) is 12.1 Å². The van der Waals surface area contributed by atoms with Crippen molar-refractivity contribution in [3.05, 3.63) is 69.5 Å². The van der Waals surface area contributed by atoms with Crippen molar-refractivity contribution in [3.8, 4) is 0 Å². The fourth-order valence-electron chi connectivity index (χ4n) is 3.78. The SMILES string of the molecule is CN(Cc1cccc(F)c1)C(=O)C1CCN(c2ccc(C(F)(F)F)cc2[N+](=O)[O-])CC1. The molecule has 0 atom stereocenters. The van der Waals surface area contributed by atoms with E-state index >= 15 is 0 Å². The molecule has 0 N–H and O–H groups in total. The molecule has 0 bridgehead atoms. The van der Waals surface area contributed by atoms with Gasteiger partial charge >= 0.3 is 6.18 Å². The summed E-state index contributed by atoms with van der Waals surface area (Å²) in [5.74, 6) is -0.820. The van der Waals surface area contributed by atoms with Gasteiger partial charge in [-0.25, -0.2) is 4.39 Å². The Kier molecular flexibility index (Phi) is 6.47. The zero-order valence-corrected chi connectivity index (χ0v) is 16.7. The van der Waals surface area contributed by atoms with Crippen LogP contribution in [0.15, 0.2) is 42.5 Å². The molecule has 10 heteroatoms. The number of hydrogen-bond acceptors (Lipinski definition) is 4. The van der Waals surface area contributed by atoms with Gasteiger partial charge in [0.1, 0.15) is 11.5 Å². The van der Waals surface area contributed by atoms with Crippen LogP contribution in [0.1, 0.15) is 24.0 Å². The van der Waals surface area contributed by atoms with Crippen LogP contribution >= 0.6 is 0 Å². The van der Waals surface area contributed by atoms with Gasteiger partial charge in [0.05, 0.1) is 10.5 Å². The number of benzene rings is 2. The summed E-state index contributed by atoms with van der Waals surface area (Å²) in [4.78, 5) is 26.4. The molecule has 0 aromatic heterocycles. The molecule has 31 heavy (non-hydrogen) atoms. The summed E-state index contributed by atoms with van der Waals surface area (Å²) in [6.45, 7) is 0.855. The molecule has 2 aromatic rings. The highest BCUT2D eigenvalue weighted by molar-refractivity contribution is 5.79. The van der Waals surface area contributed by atoms with Gasteiger partial charge in [0.2, 0.25) is 5.91 Å². The van der Waals surface area contributed by atoms with E-state index in [4.69, 9.17) is 0 Å². The topological polar surface area (TPSA) is 66.7 Å². The van der Waals surface area contributed by atoms with E-state index in [1.165, 1.54) is 17.0 Å². The predicted octanol–water partition coefficient (Wildman–Crippen LogP) is 4.63.